The molecule has 2 heterocycles. The van der Waals surface area contributed by atoms with Crippen LogP contribution in [0.3, 0.4) is 0 Å². The molecule has 0 atom stereocenters. The third-order valence-electron chi connectivity index (χ3n) is 5.53. The maximum Gasteiger partial charge on any atom is 0.330 e. The van der Waals surface area contributed by atoms with Crippen LogP contribution in [-0.4, -0.2) is 65.0 Å². The standard InChI is InChI=1S/C21H36N6O4/c1-6-7-10-26-17(22)16(18(28)23-20(26)30)27(13-14(2)3)19(29)15-8-11-25(12-9-15)21(31)24(4)5/h14-15H,6-13,22H2,1-5H3,(H,23,28,30). The largest absolute Gasteiger partial charge is 0.383 e. The minimum Gasteiger partial charge on any atom is -0.383 e. The molecule has 31 heavy (non-hydrogen) atoms. The Hall–Kier alpha value is -2.78. The zero-order chi connectivity index (χ0) is 23.3. The first-order chi connectivity index (χ1) is 14.6. The van der Waals surface area contributed by atoms with Gasteiger partial charge in [0.2, 0.25) is 5.91 Å². The average molecular weight is 437 g/mol. The molecular formula is C21H36N6O4. The number of piperidine rings is 1. The van der Waals surface area contributed by atoms with Crippen LogP contribution in [-0.2, 0) is 11.3 Å². The predicted octanol–water partition coefficient (Wildman–Crippen LogP) is 1.30. The predicted molar refractivity (Wildman–Crippen MR) is 121 cm³/mol. The number of nitrogens with two attached hydrogens (primary N) is 1. The second-order valence-electron chi connectivity index (χ2n) is 8.78. The summed E-state index contributed by atoms with van der Waals surface area (Å²) in [6.07, 6.45) is 2.62. The van der Waals surface area contributed by atoms with E-state index in [4.69, 9.17) is 5.73 Å². The molecule has 0 saturated carbocycles. The van der Waals surface area contributed by atoms with Crippen LogP contribution in [0.5, 0.6) is 0 Å². The van der Waals surface area contributed by atoms with Crippen molar-refractivity contribution >= 4 is 23.4 Å². The Balaban J connectivity index is 2.35. The fraction of sp³-hybridized carbons (Fsp3) is 0.714. The smallest absolute Gasteiger partial charge is 0.330 e. The molecule has 0 bridgehead atoms. The maximum atomic E-state index is 13.5. The number of aromatic amines is 1. The molecule has 10 nitrogen and oxygen atoms in total. The molecule has 0 unspecified atom stereocenters. The minimum atomic E-state index is -0.649. The first kappa shape index (κ1) is 24.5. The highest BCUT2D eigenvalue weighted by molar-refractivity contribution is 5.97. The second kappa shape index (κ2) is 10.5. The van der Waals surface area contributed by atoms with Gasteiger partial charge in [-0.15, -0.1) is 0 Å². The van der Waals surface area contributed by atoms with Crippen LogP contribution < -0.4 is 21.9 Å². The number of likely N-dealkylation sites (tertiary alicyclic amines) is 1. The van der Waals surface area contributed by atoms with Crippen LogP contribution in [0.25, 0.3) is 0 Å². The van der Waals surface area contributed by atoms with E-state index in [0.29, 0.717) is 39.0 Å². The van der Waals surface area contributed by atoms with Crippen molar-refractivity contribution in [2.75, 3.05) is 44.4 Å². The highest BCUT2D eigenvalue weighted by atomic mass is 16.2. The topological polar surface area (TPSA) is 125 Å². The van der Waals surface area contributed by atoms with E-state index in [-0.39, 0.29) is 35.3 Å². The van der Waals surface area contributed by atoms with Gasteiger partial charge in [-0.1, -0.05) is 27.2 Å². The fourth-order valence-corrected chi connectivity index (χ4v) is 3.85. The molecule has 1 aliphatic heterocycles. The lowest BCUT2D eigenvalue weighted by molar-refractivity contribution is -0.123. The van der Waals surface area contributed by atoms with E-state index in [1.807, 2.05) is 20.8 Å². The number of amides is 3. The summed E-state index contributed by atoms with van der Waals surface area (Å²) in [5, 5.41) is 0. The highest BCUT2D eigenvalue weighted by Crippen LogP contribution is 2.26. The Morgan fingerprint density at radius 3 is 2.32 bits per heavy atom. The van der Waals surface area contributed by atoms with E-state index in [9.17, 15) is 19.2 Å². The second-order valence-corrected chi connectivity index (χ2v) is 8.78. The number of hydrogen-bond donors (Lipinski definition) is 2. The molecule has 0 aromatic carbocycles. The quantitative estimate of drug-likeness (QED) is 0.667. The summed E-state index contributed by atoms with van der Waals surface area (Å²) in [6.45, 7) is 7.55. The lowest BCUT2D eigenvalue weighted by Gasteiger charge is -2.35. The molecule has 2 rings (SSSR count). The number of nitrogens with zero attached hydrogens (tertiary/aromatic N) is 4. The Morgan fingerprint density at radius 1 is 1.19 bits per heavy atom. The van der Waals surface area contributed by atoms with Crippen LogP contribution in [0.4, 0.5) is 16.3 Å². The minimum absolute atomic E-state index is 0.0245. The summed E-state index contributed by atoms with van der Waals surface area (Å²) < 4.78 is 1.33. The van der Waals surface area contributed by atoms with Crippen molar-refractivity contribution in [1.29, 1.82) is 0 Å². The number of carbonyl (C=O) groups excluding carboxylic acids is 2. The molecule has 0 spiro atoms. The number of aromatic nitrogens is 2. The molecule has 3 amide bonds. The van der Waals surface area contributed by atoms with Gasteiger partial charge in [0.1, 0.15) is 5.82 Å². The molecule has 0 radical (unpaired) electrons. The van der Waals surface area contributed by atoms with Crippen LogP contribution >= 0.6 is 0 Å². The lowest BCUT2D eigenvalue weighted by Crippen LogP contribution is -2.49. The van der Waals surface area contributed by atoms with Gasteiger partial charge < -0.3 is 20.4 Å². The van der Waals surface area contributed by atoms with Gasteiger partial charge in [0.05, 0.1) is 0 Å². The zero-order valence-corrected chi connectivity index (χ0v) is 19.3. The van der Waals surface area contributed by atoms with Gasteiger partial charge in [0.15, 0.2) is 5.69 Å². The number of unbranched alkanes of at least 4 members (excludes halogenated alkanes) is 1. The summed E-state index contributed by atoms with van der Waals surface area (Å²) >= 11 is 0. The molecule has 3 N–H and O–H groups in total. The van der Waals surface area contributed by atoms with Gasteiger partial charge in [-0.05, 0) is 25.2 Å². The molecule has 1 aromatic rings. The zero-order valence-electron chi connectivity index (χ0n) is 19.3. The Labute approximate surface area is 183 Å². The van der Waals surface area contributed by atoms with Gasteiger partial charge in [-0.25, -0.2) is 9.59 Å². The maximum absolute atomic E-state index is 13.5. The van der Waals surface area contributed by atoms with E-state index in [0.717, 1.165) is 12.8 Å². The SMILES string of the molecule is CCCCn1c(N)c(N(CC(C)C)C(=O)C2CCN(C(=O)N(C)C)CC2)c(=O)[nH]c1=O. The summed E-state index contributed by atoms with van der Waals surface area (Å²) in [4.78, 5) is 57.7. The Kier molecular flexibility index (Phi) is 8.29. The molecule has 1 fully saturated rings. The normalized spacial score (nSPS) is 14.7. The molecule has 10 heteroatoms. The number of nitrogen functional groups attached to an aromatic ring is 1. The van der Waals surface area contributed by atoms with E-state index >= 15 is 0 Å². The molecule has 174 valence electrons. The summed E-state index contributed by atoms with van der Waals surface area (Å²) in [7, 11) is 3.40. The van der Waals surface area contributed by atoms with Crippen LogP contribution in [0.1, 0.15) is 46.5 Å². The number of carbonyl (C=O) groups is 2. The summed E-state index contributed by atoms with van der Waals surface area (Å²) in [5.41, 5.74) is 5.09. The van der Waals surface area contributed by atoms with Gasteiger partial charge in [0.25, 0.3) is 5.56 Å². The summed E-state index contributed by atoms with van der Waals surface area (Å²) in [5.74, 6) is -0.395. The average Bonchev–Trinajstić information content (AvgIpc) is 2.71. The van der Waals surface area contributed by atoms with Crippen molar-refractivity contribution in [1.82, 2.24) is 19.4 Å². The monoisotopic (exact) mass is 436 g/mol. The first-order valence-corrected chi connectivity index (χ1v) is 11.0. The number of hydrogen-bond acceptors (Lipinski definition) is 5. The van der Waals surface area contributed by atoms with Gasteiger partial charge in [-0.3, -0.25) is 19.1 Å². The van der Waals surface area contributed by atoms with Crippen molar-refractivity contribution in [2.45, 2.75) is 53.0 Å². The number of urea groups is 1. The van der Waals surface area contributed by atoms with Crippen LogP contribution in [0.2, 0.25) is 0 Å². The number of rotatable bonds is 7. The van der Waals surface area contributed by atoms with Crippen molar-refractivity contribution in [3.63, 3.8) is 0 Å². The Morgan fingerprint density at radius 2 is 1.81 bits per heavy atom. The molecule has 1 aromatic heterocycles. The van der Waals surface area contributed by atoms with E-state index in [2.05, 4.69) is 4.98 Å². The molecule has 1 saturated heterocycles. The van der Waals surface area contributed by atoms with Crippen molar-refractivity contribution in [2.24, 2.45) is 11.8 Å². The van der Waals surface area contributed by atoms with E-state index < -0.39 is 11.2 Å². The number of nitrogens with one attached hydrogen (secondary N) is 1. The van der Waals surface area contributed by atoms with Gasteiger partial charge >= 0.3 is 11.7 Å². The highest BCUT2D eigenvalue weighted by Gasteiger charge is 2.33. The van der Waals surface area contributed by atoms with Gasteiger partial charge in [-0.2, -0.15) is 0 Å². The summed E-state index contributed by atoms with van der Waals surface area (Å²) in [6, 6.07) is -0.0753. The van der Waals surface area contributed by atoms with Crippen molar-refractivity contribution in [3.05, 3.63) is 20.8 Å². The van der Waals surface area contributed by atoms with E-state index in [1.165, 1.54) is 14.4 Å². The number of anilines is 2. The van der Waals surface area contributed by atoms with Crippen molar-refractivity contribution < 1.29 is 9.59 Å². The van der Waals surface area contributed by atoms with Crippen LogP contribution in [0.15, 0.2) is 9.59 Å². The first-order valence-electron chi connectivity index (χ1n) is 11.0. The van der Waals surface area contributed by atoms with Crippen molar-refractivity contribution in [3.8, 4) is 0 Å². The fourth-order valence-electron chi connectivity index (χ4n) is 3.85. The number of H-pyrrole nitrogens is 1. The van der Waals surface area contributed by atoms with E-state index in [1.54, 1.807) is 19.0 Å². The third kappa shape index (κ3) is 5.68. The molecule has 0 aliphatic carbocycles. The van der Waals surface area contributed by atoms with Crippen LogP contribution in [0, 0.1) is 11.8 Å². The lowest BCUT2D eigenvalue weighted by atomic mass is 9.94. The van der Waals surface area contributed by atoms with Gasteiger partial charge in [0, 0.05) is 46.2 Å². The Bertz CT molecular complexity index is 896. The molecular weight excluding hydrogens is 400 g/mol. The molecule has 1 aliphatic rings. The third-order valence-corrected chi connectivity index (χ3v) is 5.53.